The van der Waals surface area contributed by atoms with Gasteiger partial charge in [-0.25, -0.2) is 0 Å². The van der Waals surface area contributed by atoms with Crippen molar-refractivity contribution < 1.29 is 19.0 Å². The lowest BCUT2D eigenvalue weighted by atomic mass is 9.78. The van der Waals surface area contributed by atoms with Gasteiger partial charge in [0, 0.05) is 17.0 Å². The lowest BCUT2D eigenvalue weighted by molar-refractivity contribution is -0.142. The van der Waals surface area contributed by atoms with Crippen LogP contribution >= 0.6 is 15.9 Å². The number of aryl methyl sites for hydroxylation is 1. The molecule has 4 nitrogen and oxygen atoms in total. The zero-order chi connectivity index (χ0) is 23.1. The molecule has 0 heterocycles. The maximum absolute atomic E-state index is 12.2. The van der Waals surface area contributed by atoms with E-state index in [1.54, 1.807) is 7.11 Å². The number of rotatable bonds is 6. The number of methoxy groups -OCH3 is 2. The van der Waals surface area contributed by atoms with E-state index in [1.807, 2.05) is 0 Å². The number of halogens is 1. The zero-order valence-electron chi connectivity index (χ0n) is 19.7. The molecule has 0 aliphatic heterocycles. The Labute approximate surface area is 199 Å². The van der Waals surface area contributed by atoms with Crippen LogP contribution in [-0.2, 0) is 32.7 Å². The lowest BCUT2D eigenvalue weighted by Gasteiger charge is -2.30. The van der Waals surface area contributed by atoms with Gasteiger partial charge in [0.1, 0.15) is 12.4 Å². The summed E-state index contributed by atoms with van der Waals surface area (Å²) >= 11 is 3.69. The summed E-state index contributed by atoms with van der Waals surface area (Å²) in [5, 5.41) is 0. The molecule has 0 amide bonds. The van der Waals surface area contributed by atoms with Crippen LogP contribution in [0.25, 0.3) is 0 Å². The van der Waals surface area contributed by atoms with Crippen LogP contribution in [0.1, 0.15) is 68.4 Å². The van der Waals surface area contributed by atoms with Crippen molar-refractivity contribution in [1.82, 2.24) is 0 Å². The molecule has 1 spiro atoms. The Bertz CT molecular complexity index is 1010. The second kappa shape index (κ2) is 8.83. The van der Waals surface area contributed by atoms with Crippen LogP contribution in [-0.4, -0.2) is 20.2 Å². The average Bonchev–Trinajstić information content (AvgIpc) is 3.48. The summed E-state index contributed by atoms with van der Waals surface area (Å²) < 4.78 is 18.1. The van der Waals surface area contributed by atoms with E-state index in [4.69, 9.17) is 14.2 Å². The Morgan fingerprint density at radius 3 is 2.66 bits per heavy atom. The molecule has 0 unspecified atom stereocenters. The summed E-state index contributed by atoms with van der Waals surface area (Å²) in [7, 11) is 3.24. The summed E-state index contributed by atoms with van der Waals surface area (Å²) in [6.45, 7) is 7.02. The molecule has 0 N–H and O–H groups in total. The standard InChI is InChI=1S/C27H33BrO4/c1-26(2,3)24(30-4)20-13-17(8-11-23(20)28)16-32-19-10-9-18-7-6-12-27(21(18)14-19)15-22(27)25(29)31-5/h8-11,13-14,22,24H,6-7,12,15-16H2,1-5H3/t22-,24+,27-/m0/s1. The van der Waals surface area contributed by atoms with Crippen molar-refractivity contribution in [2.75, 3.05) is 14.2 Å². The van der Waals surface area contributed by atoms with Crippen molar-refractivity contribution in [1.29, 1.82) is 0 Å². The van der Waals surface area contributed by atoms with Crippen LogP contribution < -0.4 is 4.74 Å². The van der Waals surface area contributed by atoms with Crippen LogP contribution in [0.2, 0.25) is 0 Å². The first-order chi connectivity index (χ1) is 15.2. The highest BCUT2D eigenvalue weighted by atomic mass is 79.9. The Balaban J connectivity index is 1.54. The van der Waals surface area contributed by atoms with Gasteiger partial charge in [-0.05, 0) is 77.6 Å². The van der Waals surface area contributed by atoms with E-state index < -0.39 is 0 Å². The molecule has 3 atom stereocenters. The van der Waals surface area contributed by atoms with Crippen molar-refractivity contribution in [2.45, 2.75) is 64.6 Å². The number of ether oxygens (including phenoxy) is 3. The Hall–Kier alpha value is -1.85. The third kappa shape index (κ3) is 4.34. The van der Waals surface area contributed by atoms with Crippen molar-refractivity contribution >= 4 is 21.9 Å². The molecule has 5 heteroatoms. The van der Waals surface area contributed by atoms with E-state index in [0.717, 1.165) is 47.0 Å². The van der Waals surface area contributed by atoms with Crippen LogP contribution in [0.15, 0.2) is 40.9 Å². The van der Waals surface area contributed by atoms with Crippen LogP contribution in [0.3, 0.4) is 0 Å². The van der Waals surface area contributed by atoms with Crippen molar-refractivity contribution in [2.24, 2.45) is 11.3 Å². The third-order valence-electron chi connectivity index (χ3n) is 7.02. The number of fused-ring (bicyclic) bond motifs is 2. The number of esters is 1. The predicted octanol–water partition coefficient (Wildman–Crippen LogP) is 6.53. The van der Waals surface area contributed by atoms with Gasteiger partial charge in [0.2, 0.25) is 0 Å². The maximum atomic E-state index is 12.2. The molecular formula is C27H33BrO4. The van der Waals surface area contributed by atoms with Crippen molar-refractivity contribution in [3.05, 3.63) is 63.1 Å². The van der Waals surface area contributed by atoms with Gasteiger partial charge in [-0.3, -0.25) is 4.79 Å². The quantitative estimate of drug-likeness (QED) is 0.423. The normalized spacial score (nSPS) is 22.9. The average molecular weight is 501 g/mol. The van der Waals surface area contributed by atoms with Crippen molar-refractivity contribution in [3.63, 3.8) is 0 Å². The van der Waals surface area contributed by atoms with Crippen LogP contribution in [0, 0.1) is 11.3 Å². The van der Waals surface area contributed by atoms with Gasteiger partial charge in [-0.2, -0.15) is 0 Å². The number of hydrogen-bond donors (Lipinski definition) is 0. The van der Waals surface area contributed by atoms with E-state index in [-0.39, 0.29) is 28.8 Å². The number of carbonyl (C=O) groups excluding carboxylic acids is 1. The first-order valence-electron chi connectivity index (χ1n) is 11.3. The summed E-state index contributed by atoms with van der Waals surface area (Å²) in [6, 6.07) is 12.7. The molecule has 2 aliphatic carbocycles. The Morgan fingerprint density at radius 1 is 1.19 bits per heavy atom. The molecule has 0 aromatic heterocycles. The summed E-state index contributed by atoms with van der Waals surface area (Å²) in [4.78, 5) is 12.2. The van der Waals surface area contributed by atoms with Gasteiger partial charge >= 0.3 is 5.97 Å². The van der Waals surface area contributed by atoms with Gasteiger partial charge in [-0.1, -0.05) is 48.8 Å². The molecule has 4 rings (SSSR count). The third-order valence-corrected chi connectivity index (χ3v) is 7.74. The molecule has 1 saturated carbocycles. The summed E-state index contributed by atoms with van der Waals surface area (Å²) in [6.07, 6.45) is 4.09. The molecule has 1 fully saturated rings. The first-order valence-corrected chi connectivity index (χ1v) is 12.1. The second-order valence-electron chi connectivity index (χ2n) is 10.2. The van der Waals surface area contributed by atoms with Crippen LogP contribution in [0.5, 0.6) is 5.75 Å². The fourth-order valence-electron chi connectivity index (χ4n) is 5.38. The SMILES string of the molecule is COC(=O)[C@@H]1C[C@]12CCCc1ccc(OCc3ccc(Br)c([C@@H](OC)C(C)(C)C)c3)cc12. The van der Waals surface area contributed by atoms with E-state index >= 15 is 0 Å². The molecule has 2 aromatic rings. The fraction of sp³-hybridized carbons (Fsp3) is 0.519. The van der Waals surface area contributed by atoms with Crippen molar-refractivity contribution in [3.8, 4) is 5.75 Å². The van der Waals surface area contributed by atoms with Gasteiger partial charge < -0.3 is 14.2 Å². The van der Waals surface area contributed by atoms with Gasteiger partial charge in [-0.15, -0.1) is 0 Å². The van der Waals surface area contributed by atoms with E-state index in [2.05, 4.69) is 73.1 Å². The van der Waals surface area contributed by atoms with E-state index in [9.17, 15) is 4.79 Å². The maximum Gasteiger partial charge on any atom is 0.309 e. The topological polar surface area (TPSA) is 44.8 Å². The minimum Gasteiger partial charge on any atom is -0.489 e. The molecule has 0 bridgehead atoms. The van der Waals surface area contributed by atoms with E-state index in [1.165, 1.54) is 18.2 Å². The highest BCUT2D eigenvalue weighted by molar-refractivity contribution is 9.10. The minimum atomic E-state index is -0.0851. The number of hydrogen-bond acceptors (Lipinski definition) is 4. The number of carbonyl (C=O) groups is 1. The molecule has 32 heavy (non-hydrogen) atoms. The molecule has 2 aliphatic rings. The number of benzene rings is 2. The summed E-state index contributed by atoms with van der Waals surface area (Å²) in [5.41, 5.74) is 4.77. The monoisotopic (exact) mass is 500 g/mol. The minimum absolute atomic E-state index is 0.0146. The predicted molar refractivity (Wildman–Crippen MR) is 129 cm³/mol. The lowest BCUT2D eigenvalue weighted by Crippen LogP contribution is -2.22. The van der Waals surface area contributed by atoms with Crippen LogP contribution in [0.4, 0.5) is 0 Å². The first kappa shape index (κ1) is 23.3. The molecule has 0 radical (unpaired) electrons. The Morgan fingerprint density at radius 2 is 1.97 bits per heavy atom. The highest BCUT2D eigenvalue weighted by Crippen LogP contribution is 2.61. The van der Waals surface area contributed by atoms with Gasteiger partial charge in [0.15, 0.2) is 0 Å². The molecule has 2 aromatic carbocycles. The summed E-state index contributed by atoms with van der Waals surface area (Å²) in [5.74, 6) is 0.751. The molecule has 172 valence electrons. The molecule has 0 saturated heterocycles. The van der Waals surface area contributed by atoms with Gasteiger partial charge in [0.25, 0.3) is 0 Å². The second-order valence-corrected chi connectivity index (χ2v) is 11.1. The largest absolute Gasteiger partial charge is 0.489 e. The highest BCUT2D eigenvalue weighted by Gasteiger charge is 2.61. The fourth-order valence-corrected chi connectivity index (χ4v) is 5.84. The smallest absolute Gasteiger partial charge is 0.309 e. The van der Waals surface area contributed by atoms with Gasteiger partial charge in [0.05, 0.1) is 19.1 Å². The zero-order valence-corrected chi connectivity index (χ0v) is 21.3. The molecular weight excluding hydrogens is 468 g/mol. The Kier molecular flexibility index (Phi) is 6.43. The van der Waals surface area contributed by atoms with E-state index in [0.29, 0.717) is 6.61 Å².